The number of morpholine rings is 1. The van der Waals surface area contributed by atoms with Crippen LogP contribution in [0.15, 0.2) is 29.8 Å². The molecule has 10 heteroatoms. The molecule has 2 saturated heterocycles. The van der Waals surface area contributed by atoms with E-state index in [1.165, 1.54) is 12.0 Å². The summed E-state index contributed by atoms with van der Waals surface area (Å²) >= 11 is 0. The van der Waals surface area contributed by atoms with E-state index in [0.29, 0.717) is 61.0 Å². The minimum Gasteiger partial charge on any atom is -0.507 e. The van der Waals surface area contributed by atoms with Crippen molar-refractivity contribution in [1.29, 1.82) is 0 Å². The molecule has 2 aliphatic rings. The lowest BCUT2D eigenvalue weighted by atomic mass is 9.94. The van der Waals surface area contributed by atoms with Crippen molar-refractivity contribution < 1.29 is 33.7 Å². The molecular formula is C27H33N3O7. The first kappa shape index (κ1) is 26.4. The molecule has 0 aliphatic carbocycles. The third kappa shape index (κ3) is 5.12. The van der Waals surface area contributed by atoms with Gasteiger partial charge in [0.15, 0.2) is 0 Å². The number of aromatic amines is 1. The Morgan fingerprint density at radius 1 is 1.14 bits per heavy atom. The molecule has 0 bridgehead atoms. The van der Waals surface area contributed by atoms with E-state index in [2.05, 4.69) is 9.88 Å². The summed E-state index contributed by atoms with van der Waals surface area (Å²) in [5, 5.41) is 11.5. The summed E-state index contributed by atoms with van der Waals surface area (Å²) in [7, 11) is 1.27. The molecule has 2 N–H and O–H groups in total. The van der Waals surface area contributed by atoms with Gasteiger partial charge in [0.05, 0.1) is 38.5 Å². The maximum atomic E-state index is 13.4. The van der Waals surface area contributed by atoms with Crippen LogP contribution >= 0.6 is 0 Å². The van der Waals surface area contributed by atoms with E-state index in [0.717, 1.165) is 13.1 Å². The van der Waals surface area contributed by atoms with Crippen LogP contribution in [0.5, 0.6) is 5.75 Å². The number of carbonyl (C=O) groups excluding carboxylic acids is 3. The summed E-state index contributed by atoms with van der Waals surface area (Å²) in [6, 6.07) is 6.36. The Kier molecular flexibility index (Phi) is 7.99. The van der Waals surface area contributed by atoms with Gasteiger partial charge in [0, 0.05) is 37.4 Å². The number of aliphatic hydroxyl groups is 1. The van der Waals surface area contributed by atoms with Gasteiger partial charge < -0.3 is 29.2 Å². The van der Waals surface area contributed by atoms with Gasteiger partial charge in [0.25, 0.3) is 11.7 Å². The average Bonchev–Trinajstić information content (AvgIpc) is 3.34. The molecule has 1 aromatic heterocycles. The molecular weight excluding hydrogens is 478 g/mol. The molecule has 0 radical (unpaired) electrons. The fourth-order valence-electron chi connectivity index (χ4n) is 4.99. The van der Waals surface area contributed by atoms with E-state index in [9.17, 15) is 19.5 Å². The van der Waals surface area contributed by atoms with E-state index in [1.54, 1.807) is 38.1 Å². The zero-order chi connectivity index (χ0) is 26.7. The van der Waals surface area contributed by atoms with Crippen LogP contribution in [0.25, 0.3) is 5.76 Å². The van der Waals surface area contributed by atoms with Crippen molar-refractivity contribution in [2.24, 2.45) is 0 Å². The van der Waals surface area contributed by atoms with Crippen molar-refractivity contribution in [1.82, 2.24) is 14.8 Å². The van der Waals surface area contributed by atoms with Crippen LogP contribution in [0, 0.1) is 13.8 Å². The molecule has 2 fully saturated rings. The Labute approximate surface area is 215 Å². The maximum absolute atomic E-state index is 13.4. The predicted molar refractivity (Wildman–Crippen MR) is 135 cm³/mol. The molecule has 1 aromatic carbocycles. The molecule has 0 unspecified atom stereocenters. The number of aliphatic hydroxyl groups excluding tert-OH is 1. The third-order valence-electron chi connectivity index (χ3n) is 6.87. The summed E-state index contributed by atoms with van der Waals surface area (Å²) in [5.74, 6) is -1.69. The number of methoxy groups -OCH3 is 1. The second kappa shape index (κ2) is 11.2. The number of benzene rings is 1. The van der Waals surface area contributed by atoms with Crippen molar-refractivity contribution >= 4 is 23.4 Å². The first-order valence-electron chi connectivity index (χ1n) is 12.4. The van der Waals surface area contributed by atoms with Crippen molar-refractivity contribution in [3.63, 3.8) is 0 Å². The van der Waals surface area contributed by atoms with Gasteiger partial charge >= 0.3 is 5.97 Å². The summed E-state index contributed by atoms with van der Waals surface area (Å²) in [4.78, 5) is 45.5. The number of amides is 1. The molecule has 1 atom stereocenters. The molecule has 37 heavy (non-hydrogen) atoms. The van der Waals surface area contributed by atoms with Crippen molar-refractivity contribution in [3.8, 4) is 5.75 Å². The van der Waals surface area contributed by atoms with E-state index in [1.807, 2.05) is 6.92 Å². The second-order valence-corrected chi connectivity index (χ2v) is 9.07. The number of H-pyrrole nitrogens is 1. The van der Waals surface area contributed by atoms with Crippen molar-refractivity contribution in [2.45, 2.75) is 26.8 Å². The lowest BCUT2D eigenvalue weighted by Gasteiger charge is -2.31. The minimum absolute atomic E-state index is 0.0160. The van der Waals surface area contributed by atoms with Gasteiger partial charge in [-0.1, -0.05) is 12.1 Å². The molecule has 2 aromatic rings. The van der Waals surface area contributed by atoms with Gasteiger partial charge in [-0.25, -0.2) is 4.79 Å². The zero-order valence-electron chi connectivity index (χ0n) is 21.6. The van der Waals surface area contributed by atoms with Crippen LogP contribution in [-0.4, -0.2) is 90.7 Å². The number of Topliss-reactive ketones (excluding diaryl/α,β-unsaturated/α-hetero) is 1. The SMILES string of the molecule is CCOc1ccc([C@@H]2/C(=C(\O)c3c(C)[nH]c(C(=O)OC)c3C)C(=O)C(=O)N2CCN2CCOCC2)cc1. The van der Waals surface area contributed by atoms with Crippen LogP contribution in [0.4, 0.5) is 0 Å². The van der Waals surface area contributed by atoms with E-state index in [-0.39, 0.29) is 17.0 Å². The summed E-state index contributed by atoms with van der Waals surface area (Å²) < 4.78 is 15.8. The molecule has 1 amide bonds. The number of rotatable bonds is 8. The minimum atomic E-state index is -0.799. The number of hydrogen-bond acceptors (Lipinski definition) is 8. The first-order chi connectivity index (χ1) is 17.8. The molecule has 0 saturated carbocycles. The topological polar surface area (TPSA) is 121 Å². The predicted octanol–water partition coefficient (Wildman–Crippen LogP) is 2.57. The Hall–Kier alpha value is -3.63. The highest BCUT2D eigenvalue weighted by atomic mass is 16.5. The van der Waals surface area contributed by atoms with Crippen LogP contribution < -0.4 is 4.74 Å². The van der Waals surface area contributed by atoms with E-state index >= 15 is 0 Å². The van der Waals surface area contributed by atoms with E-state index in [4.69, 9.17) is 14.2 Å². The Morgan fingerprint density at radius 3 is 2.43 bits per heavy atom. The number of aromatic nitrogens is 1. The first-order valence-corrected chi connectivity index (χ1v) is 12.4. The molecule has 10 nitrogen and oxygen atoms in total. The Bertz CT molecular complexity index is 1210. The van der Waals surface area contributed by atoms with Crippen LogP contribution in [0.2, 0.25) is 0 Å². The second-order valence-electron chi connectivity index (χ2n) is 9.07. The van der Waals surface area contributed by atoms with Gasteiger partial charge in [-0.2, -0.15) is 0 Å². The lowest BCUT2D eigenvalue weighted by Crippen LogP contribution is -2.42. The highest BCUT2D eigenvalue weighted by Gasteiger charge is 2.46. The number of ketones is 1. The van der Waals surface area contributed by atoms with Crippen molar-refractivity contribution in [2.75, 3.05) is 53.1 Å². The summed E-state index contributed by atoms with van der Waals surface area (Å²) in [6.07, 6.45) is 0. The van der Waals surface area contributed by atoms with Crippen molar-refractivity contribution in [3.05, 3.63) is 57.9 Å². The number of ether oxygens (including phenoxy) is 3. The maximum Gasteiger partial charge on any atom is 0.354 e. The fraction of sp³-hybridized carbons (Fsp3) is 0.444. The fourth-order valence-corrected chi connectivity index (χ4v) is 4.99. The zero-order valence-corrected chi connectivity index (χ0v) is 21.6. The molecule has 0 spiro atoms. The van der Waals surface area contributed by atoms with Gasteiger partial charge in [-0.15, -0.1) is 0 Å². The lowest BCUT2D eigenvalue weighted by molar-refractivity contribution is -0.140. The quantitative estimate of drug-likeness (QED) is 0.240. The third-order valence-corrected chi connectivity index (χ3v) is 6.87. The number of aryl methyl sites for hydroxylation is 1. The number of carbonyl (C=O) groups is 3. The Balaban J connectivity index is 1.79. The highest BCUT2D eigenvalue weighted by molar-refractivity contribution is 6.46. The monoisotopic (exact) mass is 511 g/mol. The number of nitrogens with one attached hydrogen (secondary N) is 1. The number of nitrogens with zero attached hydrogens (tertiary/aromatic N) is 2. The molecule has 3 heterocycles. The molecule has 198 valence electrons. The standard InChI is InChI=1S/C27H33N3O7/c1-5-37-19-8-6-18(7-9-19)23-21(24(31)20-16(2)22(27(34)35-4)28-17(20)3)25(32)26(33)30(23)11-10-29-12-14-36-15-13-29/h6-9,23,28,31H,5,10-15H2,1-4H3/b24-21+/t23-/m1/s1. The summed E-state index contributed by atoms with van der Waals surface area (Å²) in [5.41, 5.74) is 2.07. The van der Waals surface area contributed by atoms with Crippen LogP contribution in [0.3, 0.4) is 0 Å². The van der Waals surface area contributed by atoms with Gasteiger partial charge in [0.2, 0.25) is 0 Å². The average molecular weight is 512 g/mol. The largest absolute Gasteiger partial charge is 0.507 e. The number of hydrogen-bond donors (Lipinski definition) is 2. The highest BCUT2D eigenvalue weighted by Crippen LogP contribution is 2.41. The van der Waals surface area contributed by atoms with E-state index < -0.39 is 23.7 Å². The number of likely N-dealkylation sites (tertiary alicyclic amines) is 1. The molecule has 4 rings (SSSR count). The summed E-state index contributed by atoms with van der Waals surface area (Å²) in [6.45, 7) is 9.35. The molecule has 2 aliphatic heterocycles. The van der Waals surface area contributed by atoms with Gasteiger partial charge in [-0.3, -0.25) is 14.5 Å². The van der Waals surface area contributed by atoms with Crippen LogP contribution in [0.1, 0.15) is 45.8 Å². The normalized spacial score (nSPS) is 19.9. The van der Waals surface area contributed by atoms with Crippen LogP contribution in [-0.2, 0) is 19.1 Å². The van der Waals surface area contributed by atoms with Gasteiger partial charge in [-0.05, 0) is 44.0 Å². The smallest absolute Gasteiger partial charge is 0.354 e. The van der Waals surface area contributed by atoms with Gasteiger partial charge in [0.1, 0.15) is 17.2 Å². The Morgan fingerprint density at radius 2 is 1.81 bits per heavy atom. The number of esters is 1.